The molecule has 0 saturated heterocycles. The molecule has 0 aliphatic carbocycles. The van der Waals surface area contributed by atoms with E-state index in [-0.39, 0.29) is 5.57 Å². The highest BCUT2D eigenvalue weighted by molar-refractivity contribution is 6.02. The third-order valence-corrected chi connectivity index (χ3v) is 4.64. The van der Waals surface area contributed by atoms with Gasteiger partial charge in [0.05, 0.1) is 12.3 Å². The smallest absolute Gasteiger partial charge is 0.261 e. The predicted octanol–water partition coefficient (Wildman–Crippen LogP) is 4.76. The Balaban J connectivity index is 2.06. The molecule has 6 heteroatoms. The quantitative estimate of drug-likeness (QED) is 0.311. The Labute approximate surface area is 182 Å². The van der Waals surface area contributed by atoms with E-state index in [0.29, 0.717) is 24.4 Å². The third-order valence-electron chi connectivity index (χ3n) is 4.64. The molecule has 6 nitrogen and oxygen atoms in total. The maximum absolute atomic E-state index is 12.3. The lowest BCUT2D eigenvalue weighted by atomic mass is 10.1. The lowest BCUT2D eigenvalue weighted by Gasteiger charge is -2.07. The van der Waals surface area contributed by atoms with Gasteiger partial charge in [-0.2, -0.15) is 10.4 Å². The average molecular weight is 415 g/mol. The van der Waals surface area contributed by atoms with E-state index in [0.717, 1.165) is 29.8 Å². The fourth-order valence-corrected chi connectivity index (χ4v) is 3.06. The molecule has 158 valence electrons. The van der Waals surface area contributed by atoms with Crippen molar-refractivity contribution in [2.45, 2.75) is 26.7 Å². The number of unbranched alkanes of at least 4 members (excludes halogenated alkanes) is 1. The van der Waals surface area contributed by atoms with Crippen molar-refractivity contribution in [2.24, 2.45) is 0 Å². The van der Waals surface area contributed by atoms with Crippen LogP contribution in [-0.2, 0) is 4.79 Å². The molecule has 0 radical (unpaired) electrons. The highest BCUT2D eigenvalue weighted by Crippen LogP contribution is 2.28. The highest BCUT2D eigenvalue weighted by atomic mass is 16.5. The molecule has 1 N–H and O–H groups in total. The van der Waals surface area contributed by atoms with Crippen LogP contribution in [0.2, 0.25) is 0 Å². The summed E-state index contributed by atoms with van der Waals surface area (Å²) >= 11 is 0. The molecular formula is C25H26N4O2. The molecule has 0 aliphatic heterocycles. The van der Waals surface area contributed by atoms with Crippen LogP contribution in [0.1, 0.15) is 32.3 Å². The lowest BCUT2D eigenvalue weighted by molar-refractivity contribution is -0.116. The highest BCUT2D eigenvalue weighted by Gasteiger charge is 2.15. The van der Waals surface area contributed by atoms with Gasteiger partial charge in [-0.3, -0.25) is 4.79 Å². The maximum atomic E-state index is 12.3. The predicted molar refractivity (Wildman–Crippen MR) is 122 cm³/mol. The van der Waals surface area contributed by atoms with Gasteiger partial charge in [0.25, 0.3) is 5.91 Å². The summed E-state index contributed by atoms with van der Waals surface area (Å²) in [5, 5.41) is 16.9. The molecule has 0 aliphatic rings. The van der Waals surface area contributed by atoms with Crippen LogP contribution in [-0.4, -0.2) is 28.8 Å². The van der Waals surface area contributed by atoms with Crippen molar-refractivity contribution in [1.29, 1.82) is 5.26 Å². The number of amides is 1. The van der Waals surface area contributed by atoms with Crippen LogP contribution in [0.3, 0.4) is 0 Å². The first-order chi connectivity index (χ1) is 15.2. The molecule has 0 spiro atoms. The van der Waals surface area contributed by atoms with Gasteiger partial charge in [-0.25, -0.2) is 4.68 Å². The van der Waals surface area contributed by atoms with Crippen molar-refractivity contribution >= 4 is 12.0 Å². The largest absolute Gasteiger partial charge is 0.494 e. The maximum Gasteiger partial charge on any atom is 0.261 e. The van der Waals surface area contributed by atoms with Gasteiger partial charge in [-0.05, 0) is 43.7 Å². The van der Waals surface area contributed by atoms with Crippen LogP contribution < -0.4 is 10.1 Å². The first-order valence-electron chi connectivity index (χ1n) is 10.4. The fourth-order valence-electron chi connectivity index (χ4n) is 3.06. The molecule has 31 heavy (non-hydrogen) atoms. The Kier molecular flexibility index (Phi) is 7.61. The summed E-state index contributed by atoms with van der Waals surface area (Å²) in [7, 11) is 0. The van der Waals surface area contributed by atoms with Crippen molar-refractivity contribution in [3.63, 3.8) is 0 Å². The van der Waals surface area contributed by atoms with Crippen LogP contribution in [0.15, 0.2) is 66.4 Å². The fraction of sp³-hybridized carbons (Fsp3) is 0.240. The number of carbonyl (C=O) groups excluding carboxylic acids is 1. The topological polar surface area (TPSA) is 79.9 Å². The summed E-state index contributed by atoms with van der Waals surface area (Å²) in [5.41, 5.74) is 3.11. The van der Waals surface area contributed by atoms with Crippen molar-refractivity contribution in [1.82, 2.24) is 15.1 Å². The zero-order valence-electron chi connectivity index (χ0n) is 17.8. The number of aromatic nitrogens is 2. The zero-order valence-corrected chi connectivity index (χ0v) is 17.8. The number of rotatable bonds is 9. The Hall–Kier alpha value is -3.85. The van der Waals surface area contributed by atoms with Gasteiger partial charge in [0.1, 0.15) is 23.1 Å². The summed E-state index contributed by atoms with van der Waals surface area (Å²) in [6.07, 6.45) is 5.45. The molecule has 0 atom stereocenters. The zero-order chi connectivity index (χ0) is 22.1. The van der Waals surface area contributed by atoms with E-state index in [1.54, 1.807) is 10.8 Å². The van der Waals surface area contributed by atoms with E-state index in [4.69, 9.17) is 9.84 Å². The molecule has 3 rings (SSSR count). The molecule has 0 unspecified atom stereocenters. The molecule has 0 saturated carbocycles. The monoisotopic (exact) mass is 414 g/mol. The second kappa shape index (κ2) is 10.8. The summed E-state index contributed by atoms with van der Waals surface area (Å²) in [6.45, 7) is 5.04. The van der Waals surface area contributed by atoms with E-state index in [1.165, 1.54) is 0 Å². The van der Waals surface area contributed by atoms with Crippen LogP contribution in [0.5, 0.6) is 5.75 Å². The van der Waals surface area contributed by atoms with Gasteiger partial charge >= 0.3 is 0 Å². The van der Waals surface area contributed by atoms with Crippen LogP contribution in [0.25, 0.3) is 23.0 Å². The Bertz CT molecular complexity index is 1090. The van der Waals surface area contributed by atoms with Gasteiger partial charge in [-0.15, -0.1) is 0 Å². The van der Waals surface area contributed by atoms with Gasteiger partial charge in [0.2, 0.25) is 0 Å². The number of benzene rings is 2. The Morgan fingerprint density at radius 2 is 2.00 bits per heavy atom. The molecule has 1 amide bonds. The molecule has 0 bridgehead atoms. The number of nitriles is 1. The van der Waals surface area contributed by atoms with E-state index in [9.17, 15) is 10.1 Å². The van der Waals surface area contributed by atoms with E-state index in [2.05, 4.69) is 12.2 Å². The molecule has 3 aromatic rings. The molecule has 0 fully saturated rings. The average Bonchev–Trinajstić information content (AvgIpc) is 3.22. The van der Waals surface area contributed by atoms with Crippen molar-refractivity contribution in [2.75, 3.05) is 13.2 Å². The summed E-state index contributed by atoms with van der Waals surface area (Å²) in [6, 6.07) is 19.4. The van der Waals surface area contributed by atoms with E-state index in [1.807, 2.05) is 73.8 Å². The lowest BCUT2D eigenvalue weighted by Crippen LogP contribution is -2.23. The van der Waals surface area contributed by atoms with Crippen molar-refractivity contribution < 1.29 is 9.53 Å². The second-order valence-corrected chi connectivity index (χ2v) is 6.97. The standard InChI is InChI=1S/C25H26N4O2/c1-3-5-14-31-23-13-9-10-19(16-23)24-21(15-20(17-26)25(30)27-4-2)18-29(28-24)22-11-7-6-8-12-22/h6-13,15-16,18H,3-5,14H2,1-2H3,(H,27,30). The number of para-hydroxylation sites is 1. The van der Waals surface area contributed by atoms with Gasteiger partial charge in [-0.1, -0.05) is 43.7 Å². The minimum atomic E-state index is -0.403. The molecule has 2 aromatic carbocycles. The summed E-state index contributed by atoms with van der Waals surface area (Å²) in [5.74, 6) is 0.361. The third kappa shape index (κ3) is 5.61. The van der Waals surface area contributed by atoms with Crippen molar-refractivity contribution in [3.05, 3.63) is 71.9 Å². The number of ether oxygens (including phenoxy) is 1. The minimum Gasteiger partial charge on any atom is -0.494 e. The first kappa shape index (κ1) is 21.8. The molecule has 1 aromatic heterocycles. The Morgan fingerprint density at radius 1 is 1.19 bits per heavy atom. The van der Waals surface area contributed by atoms with Gasteiger partial charge in [0, 0.05) is 23.9 Å². The second-order valence-electron chi connectivity index (χ2n) is 6.97. The summed E-state index contributed by atoms with van der Waals surface area (Å²) in [4.78, 5) is 12.3. The van der Waals surface area contributed by atoms with Crippen LogP contribution in [0.4, 0.5) is 0 Å². The van der Waals surface area contributed by atoms with E-state index >= 15 is 0 Å². The van der Waals surface area contributed by atoms with Crippen molar-refractivity contribution in [3.8, 4) is 28.8 Å². The number of nitrogens with zero attached hydrogens (tertiary/aromatic N) is 3. The first-order valence-corrected chi connectivity index (χ1v) is 10.4. The number of likely N-dealkylation sites (N-methyl/N-ethyl adjacent to an activating group) is 1. The Morgan fingerprint density at radius 3 is 2.71 bits per heavy atom. The number of carbonyl (C=O) groups is 1. The number of hydrogen-bond acceptors (Lipinski definition) is 4. The van der Waals surface area contributed by atoms with E-state index < -0.39 is 5.91 Å². The SMILES string of the molecule is CCCCOc1cccc(-c2nn(-c3ccccc3)cc2C=C(C#N)C(=O)NCC)c1. The molecular weight excluding hydrogens is 388 g/mol. The van der Waals surface area contributed by atoms with Gasteiger partial charge < -0.3 is 10.1 Å². The number of hydrogen-bond donors (Lipinski definition) is 1. The van der Waals surface area contributed by atoms with Crippen LogP contribution >= 0.6 is 0 Å². The minimum absolute atomic E-state index is 0.0334. The normalized spacial score (nSPS) is 11.1. The summed E-state index contributed by atoms with van der Waals surface area (Å²) < 4.78 is 7.59. The van der Waals surface area contributed by atoms with Gasteiger partial charge in [0.15, 0.2) is 0 Å². The van der Waals surface area contributed by atoms with Crippen LogP contribution in [0, 0.1) is 11.3 Å². The molecule has 1 heterocycles. The number of nitrogens with one attached hydrogen (secondary N) is 1.